The van der Waals surface area contributed by atoms with E-state index in [0.29, 0.717) is 15.8 Å². The molecule has 0 N–H and O–H groups in total. The highest BCUT2D eigenvalue weighted by molar-refractivity contribution is 6.32. The summed E-state index contributed by atoms with van der Waals surface area (Å²) in [4.78, 5) is 4.48. The van der Waals surface area contributed by atoms with Crippen LogP contribution in [0.1, 0.15) is 31.4 Å². The van der Waals surface area contributed by atoms with Gasteiger partial charge in [-0.25, -0.2) is 0 Å². The Balaban J connectivity index is 2.18. The normalized spacial score (nSPS) is 12.6. The lowest BCUT2D eigenvalue weighted by Crippen LogP contribution is -2.09. The lowest BCUT2D eigenvalue weighted by Gasteiger charge is -2.13. The zero-order valence-corrected chi connectivity index (χ0v) is 14.4. The van der Waals surface area contributed by atoms with Crippen molar-refractivity contribution in [1.82, 2.24) is 0 Å². The standard InChI is InChI=1S/C18H19Cl2NO/c1-4-12(2)22-18-9-8-14(10-16(18)20)11-21-17-7-5-6-15(19)13(17)3/h5-12H,4H2,1-3H3/t12-/m1/s1. The average Bonchev–Trinajstić information content (AvgIpc) is 2.51. The van der Waals surface area contributed by atoms with Crippen LogP contribution in [0.5, 0.6) is 5.75 Å². The van der Waals surface area contributed by atoms with Crippen molar-refractivity contribution >= 4 is 35.1 Å². The number of ether oxygens (including phenoxy) is 1. The van der Waals surface area contributed by atoms with Crippen LogP contribution in [0.2, 0.25) is 10.0 Å². The maximum atomic E-state index is 6.26. The molecule has 0 aliphatic carbocycles. The van der Waals surface area contributed by atoms with Gasteiger partial charge in [0.1, 0.15) is 5.75 Å². The molecule has 0 spiro atoms. The van der Waals surface area contributed by atoms with E-state index in [1.807, 2.05) is 50.2 Å². The van der Waals surface area contributed by atoms with Gasteiger partial charge in [0.25, 0.3) is 0 Å². The second-order valence-corrected chi connectivity index (χ2v) is 5.98. The summed E-state index contributed by atoms with van der Waals surface area (Å²) in [7, 11) is 0. The van der Waals surface area contributed by atoms with Crippen LogP contribution in [0, 0.1) is 6.92 Å². The molecule has 0 saturated carbocycles. The molecule has 22 heavy (non-hydrogen) atoms. The van der Waals surface area contributed by atoms with Crippen LogP contribution in [0.15, 0.2) is 41.4 Å². The number of nitrogens with zero attached hydrogens (tertiary/aromatic N) is 1. The molecule has 1 atom stereocenters. The van der Waals surface area contributed by atoms with Crippen molar-refractivity contribution in [2.75, 3.05) is 0 Å². The minimum absolute atomic E-state index is 0.145. The predicted octanol–water partition coefficient (Wildman–Crippen LogP) is 6.23. The van der Waals surface area contributed by atoms with E-state index >= 15 is 0 Å². The first-order valence-electron chi connectivity index (χ1n) is 7.26. The zero-order chi connectivity index (χ0) is 16.1. The number of benzene rings is 2. The van der Waals surface area contributed by atoms with Crippen LogP contribution in [-0.2, 0) is 0 Å². The van der Waals surface area contributed by atoms with Gasteiger partial charge in [0.2, 0.25) is 0 Å². The summed E-state index contributed by atoms with van der Waals surface area (Å²) in [6.07, 6.45) is 2.86. The summed E-state index contributed by atoms with van der Waals surface area (Å²) in [5.74, 6) is 0.701. The third-order valence-electron chi connectivity index (χ3n) is 3.45. The summed E-state index contributed by atoms with van der Waals surface area (Å²) in [5, 5.41) is 1.30. The fraction of sp³-hybridized carbons (Fsp3) is 0.278. The van der Waals surface area contributed by atoms with Crippen molar-refractivity contribution in [3.8, 4) is 5.75 Å². The molecule has 0 aromatic heterocycles. The Morgan fingerprint density at radius 2 is 1.95 bits per heavy atom. The topological polar surface area (TPSA) is 21.6 Å². The molecular formula is C18H19Cl2NO. The molecule has 0 radical (unpaired) electrons. The van der Waals surface area contributed by atoms with E-state index in [1.165, 1.54) is 0 Å². The molecule has 0 heterocycles. The third kappa shape index (κ3) is 4.25. The largest absolute Gasteiger partial charge is 0.489 e. The van der Waals surface area contributed by atoms with E-state index in [9.17, 15) is 0 Å². The molecule has 4 heteroatoms. The van der Waals surface area contributed by atoms with E-state index in [-0.39, 0.29) is 6.10 Å². The minimum Gasteiger partial charge on any atom is -0.489 e. The Bertz CT molecular complexity index is 683. The SMILES string of the molecule is CC[C@@H](C)Oc1ccc(C=Nc2cccc(Cl)c2C)cc1Cl. The number of aliphatic imine (C=N–C) groups is 1. The van der Waals surface area contributed by atoms with Crippen molar-refractivity contribution in [1.29, 1.82) is 0 Å². The molecular weight excluding hydrogens is 317 g/mol. The molecule has 0 unspecified atom stereocenters. The monoisotopic (exact) mass is 335 g/mol. The van der Waals surface area contributed by atoms with E-state index in [2.05, 4.69) is 11.9 Å². The lowest BCUT2D eigenvalue weighted by atomic mass is 10.2. The highest BCUT2D eigenvalue weighted by atomic mass is 35.5. The number of hydrogen-bond acceptors (Lipinski definition) is 2. The molecule has 0 amide bonds. The number of rotatable bonds is 5. The molecule has 2 nitrogen and oxygen atoms in total. The van der Waals surface area contributed by atoms with Crippen LogP contribution in [0.25, 0.3) is 0 Å². The fourth-order valence-electron chi connectivity index (χ4n) is 1.87. The van der Waals surface area contributed by atoms with Crippen molar-refractivity contribution in [3.63, 3.8) is 0 Å². The van der Waals surface area contributed by atoms with Crippen LogP contribution >= 0.6 is 23.2 Å². The first kappa shape index (κ1) is 16.9. The van der Waals surface area contributed by atoms with Gasteiger partial charge in [0.15, 0.2) is 0 Å². The Kier molecular flexibility index (Phi) is 5.87. The molecule has 2 rings (SSSR count). The van der Waals surface area contributed by atoms with Crippen LogP contribution in [0.4, 0.5) is 5.69 Å². The Morgan fingerprint density at radius 1 is 1.18 bits per heavy atom. The molecule has 116 valence electrons. The predicted molar refractivity (Wildman–Crippen MR) is 95.3 cm³/mol. The van der Waals surface area contributed by atoms with Gasteiger partial charge in [-0.1, -0.05) is 36.2 Å². The average molecular weight is 336 g/mol. The van der Waals surface area contributed by atoms with Gasteiger partial charge in [-0.05, 0) is 61.7 Å². The van der Waals surface area contributed by atoms with E-state index < -0.39 is 0 Å². The summed E-state index contributed by atoms with van der Waals surface area (Å²) in [5.41, 5.74) is 2.73. The molecule has 0 saturated heterocycles. The van der Waals surface area contributed by atoms with Crippen LogP contribution < -0.4 is 4.74 Å². The van der Waals surface area contributed by atoms with Gasteiger partial charge >= 0.3 is 0 Å². The highest BCUT2D eigenvalue weighted by Gasteiger charge is 2.06. The van der Waals surface area contributed by atoms with Crippen molar-refractivity contribution in [2.24, 2.45) is 4.99 Å². The molecule has 0 fully saturated rings. The van der Waals surface area contributed by atoms with Crippen molar-refractivity contribution in [3.05, 3.63) is 57.6 Å². The van der Waals surface area contributed by atoms with Crippen LogP contribution in [0.3, 0.4) is 0 Å². The van der Waals surface area contributed by atoms with E-state index in [0.717, 1.165) is 23.2 Å². The summed E-state index contributed by atoms with van der Waals surface area (Å²) < 4.78 is 5.75. The summed E-state index contributed by atoms with van der Waals surface area (Å²) in [6, 6.07) is 11.3. The molecule has 0 aliphatic heterocycles. The van der Waals surface area contributed by atoms with Gasteiger partial charge in [-0.15, -0.1) is 0 Å². The Hall–Kier alpha value is -1.51. The first-order valence-corrected chi connectivity index (χ1v) is 8.02. The lowest BCUT2D eigenvalue weighted by molar-refractivity contribution is 0.217. The molecule has 2 aromatic rings. The second-order valence-electron chi connectivity index (χ2n) is 5.17. The smallest absolute Gasteiger partial charge is 0.138 e. The van der Waals surface area contributed by atoms with Gasteiger partial charge < -0.3 is 4.74 Å². The van der Waals surface area contributed by atoms with Crippen molar-refractivity contribution < 1.29 is 4.74 Å². The van der Waals surface area contributed by atoms with Gasteiger partial charge in [-0.2, -0.15) is 0 Å². The van der Waals surface area contributed by atoms with Gasteiger partial charge in [0, 0.05) is 11.2 Å². The first-order chi connectivity index (χ1) is 10.5. The molecule has 2 aromatic carbocycles. The quantitative estimate of drug-likeness (QED) is 0.593. The Morgan fingerprint density at radius 3 is 2.64 bits per heavy atom. The van der Waals surface area contributed by atoms with Crippen molar-refractivity contribution in [2.45, 2.75) is 33.3 Å². The maximum absolute atomic E-state index is 6.26. The fourth-order valence-corrected chi connectivity index (χ4v) is 2.28. The molecule has 0 aliphatic rings. The summed E-state index contributed by atoms with van der Waals surface area (Å²) in [6.45, 7) is 6.05. The molecule has 0 bridgehead atoms. The second kappa shape index (κ2) is 7.66. The highest BCUT2D eigenvalue weighted by Crippen LogP contribution is 2.28. The van der Waals surface area contributed by atoms with Crippen LogP contribution in [-0.4, -0.2) is 12.3 Å². The van der Waals surface area contributed by atoms with E-state index in [1.54, 1.807) is 6.21 Å². The van der Waals surface area contributed by atoms with Gasteiger partial charge in [-0.3, -0.25) is 4.99 Å². The zero-order valence-electron chi connectivity index (χ0n) is 12.9. The Labute approximate surface area is 141 Å². The van der Waals surface area contributed by atoms with E-state index in [4.69, 9.17) is 27.9 Å². The number of hydrogen-bond donors (Lipinski definition) is 0. The maximum Gasteiger partial charge on any atom is 0.138 e. The number of halogens is 2. The minimum atomic E-state index is 0.145. The van der Waals surface area contributed by atoms with Gasteiger partial charge in [0.05, 0.1) is 16.8 Å². The third-order valence-corrected chi connectivity index (χ3v) is 4.16. The summed E-state index contributed by atoms with van der Waals surface area (Å²) >= 11 is 12.4.